The molecule has 2 heteroatoms. The number of hydrogen-bond acceptors (Lipinski definition) is 0. The predicted octanol–water partition coefficient (Wildman–Crippen LogP) is 3.37. The first-order chi connectivity index (χ1) is 4.70. The molecule has 0 spiro atoms. The highest BCUT2D eigenvalue weighted by Gasteiger charge is 1.88. The van der Waals surface area contributed by atoms with Gasteiger partial charge in [0.15, 0.2) is 0 Å². The van der Waals surface area contributed by atoms with Crippen molar-refractivity contribution in [2.45, 2.75) is 6.92 Å². The van der Waals surface area contributed by atoms with Crippen molar-refractivity contribution in [3.05, 3.63) is 36.2 Å². The Bertz CT molecular complexity index is 161. The van der Waals surface area contributed by atoms with E-state index in [1.54, 1.807) is 12.2 Å². The molecular weight excluding hydrogens is 195 g/mol. The van der Waals surface area contributed by atoms with E-state index in [9.17, 15) is 4.39 Å². The van der Waals surface area contributed by atoms with Crippen LogP contribution in [0.15, 0.2) is 36.2 Å². The molecule has 56 valence electrons. The van der Waals surface area contributed by atoms with Crippen molar-refractivity contribution in [2.24, 2.45) is 0 Å². The van der Waals surface area contributed by atoms with Gasteiger partial charge in [-0.05, 0) is 18.6 Å². The topological polar surface area (TPSA) is 0 Å². The van der Waals surface area contributed by atoms with Gasteiger partial charge in [-0.2, -0.15) is 0 Å². The van der Waals surface area contributed by atoms with Gasteiger partial charge < -0.3 is 0 Å². The van der Waals surface area contributed by atoms with E-state index in [1.165, 1.54) is 13.0 Å². The molecule has 0 unspecified atom stereocenters. The Labute approximate surface area is 69.3 Å². The summed E-state index contributed by atoms with van der Waals surface area (Å²) in [6, 6.07) is 0. The summed E-state index contributed by atoms with van der Waals surface area (Å²) in [5.41, 5.74) is 0.884. The van der Waals surface area contributed by atoms with Crippen molar-refractivity contribution in [1.82, 2.24) is 0 Å². The maximum Gasteiger partial charge on any atom is 0.0971 e. The van der Waals surface area contributed by atoms with E-state index in [2.05, 4.69) is 22.5 Å². The summed E-state index contributed by atoms with van der Waals surface area (Å²) in [7, 11) is 0. The minimum Gasteiger partial charge on any atom is -0.212 e. The molecule has 0 aromatic carbocycles. The van der Waals surface area contributed by atoms with E-state index in [4.69, 9.17) is 0 Å². The predicted molar refractivity (Wildman–Crippen MR) is 46.9 cm³/mol. The van der Waals surface area contributed by atoms with Gasteiger partial charge in [-0.3, -0.25) is 0 Å². The van der Waals surface area contributed by atoms with Crippen LogP contribution in [0.5, 0.6) is 0 Å². The molecule has 0 aliphatic rings. The maximum atomic E-state index is 12.2. The van der Waals surface area contributed by atoms with Gasteiger partial charge in [0.1, 0.15) is 0 Å². The monoisotopic (exact) mass is 204 g/mol. The van der Waals surface area contributed by atoms with Crippen LogP contribution in [0.25, 0.3) is 0 Å². The van der Waals surface area contributed by atoms with E-state index in [1.807, 2.05) is 0 Å². The zero-order chi connectivity index (χ0) is 7.98. The standard InChI is InChI=1S/C8H10BrF/c1-3-4-8(6-9)5-7(2)10/h3-5H,1,6H2,2H3/b7-5+,8-4+. The summed E-state index contributed by atoms with van der Waals surface area (Å²) in [5, 5.41) is 0.653. The van der Waals surface area contributed by atoms with Gasteiger partial charge in [-0.25, -0.2) is 4.39 Å². The molecule has 0 aromatic rings. The third kappa shape index (κ3) is 4.50. The average Bonchev–Trinajstić information content (AvgIpc) is 1.86. The highest BCUT2D eigenvalue weighted by Crippen LogP contribution is 2.06. The van der Waals surface area contributed by atoms with Crippen LogP contribution in [-0.4, -0.2) is 5.33 Å². The van der Waals surface area contributed by atoms with Crippen LogP contribution in [0, 0.1) is 0 Å². The molecule has 0 bridgehead atoms. The Balaban J connectivity index is 4.22. The lowest BCUT2D eigenvalue weighted by atomic mass is 10.2. The van der Waals surface area contributed by atoms with E-state index < -0.39 is 0 Å². The van der Waals surface area contributed by atoms with E-state index >= 15 is 0 Å². The molecule has 0 rings (SSSR count). The van der Waals surface area contributed by atoms with Gasteiger partial charge in [0.25, 0.3) is 0 Å². The third-order valence-corrected chi connectivity index (χ3v) is 1.52. The quantitative estimate of drug-likeness (QED) is 0.489. The molecule has 0 aromatic heterocycles. The molecule has 0 atom stereocenters. The Morgan fingerprint density at radius 1 is 1.70 bits per heavy atom. The summed E-state index contributed by atoms with van der Waals surface area (Å²) in [5.74, 6) is -0.187. The lowest BCUT2D eigenvalue weighted by Crippen LogP contribution is -1.77. The summed E-state index contributed by atoms with van der Waals surface area (Å²) < 4.78 is 12.2. The zero-order valence-corrected chi connectivity index (χ0v) is 7.49. The lowest BCUT2D eigenvalue weighted by molar-refractivity contribution is 0.639. The van der Waals surface area contributed by atoms with E-state index in [0.717, 1.165) is 5.57 Å². The normalized spacial score (nSPS) is 13.5. The number of hydrogen-bond donors (Lipinski definition) is 0. The van der Waals surface area contributed by atoms with E-state index in [-0.39, 0.29) is 5.83 Å². The van der Waals surface area contributed by atoms with Gasteiger partial charge in [-0.15, -0.1) is 0 Å². The Morgan fingerprint density at radius 3 is 2.60 bits per heavy atom. The van der Waals surface area contributed by atoms with Gasteiger partial charge in [0.05, 0.1) is 5.83 Å². The van der Waals surface area contributed by atoms with Crippen LogP contribution < -0.4 is 0 Å². The average molecular weight is 205 g/mol. The van der Waals surface area contributed by atoms with Crippen molar-refractivity contribution < 1.29 is 4.39 Å². The molecule has 0 aliphatic carbocycles. The number of halogens is 2. The summed E-state index contributed by atoms with van der Waals surface area (Å²) in [6.45, 7) is 4.92. The first-order valence-corrected chi connectivity index (χ1v) is 4.04. The van der Waals surface area contributed by atoms with Gasteiger partial charge in [0, 0.05) is 5.33 Å². The highest BCUT2D eigenvalue weighted by molar-refractivity contribution is 9.09. The fourth-order valence-corrected chi connectivity index (χ4v) is 0.887. The van der Waals surface area contributed by atoms with Crippen LogP contribution in [0.1, 0.15) is 6.92 Å². The molecule has 0 saturated carbocycles. The molecular formula is C8H10BrF. The van der Waals surface area contributed by atoms with Crippen molar-refractivity contribution in [3.63, 3.8) is 0 Å². The summed E-state index contributed by atoms with van der Waals surface area (Å²) in [4.78, 5) is 0. The van der Waals surface area contributed by atoms with Crippen molar-refractivity contribution in [3.8, 4) is 0 Å². The number of rotatable bonds is 3. The van der Waals surface area contributed by atoms with Gasteiger partial charge in [-0.1, -0.05) is 34.7 Å². The fourth-order valence-electron chi connectivity index (χ4n) is 0.538. The zero-order valence-electron chi connectivity index (χ0n) is 5.90. The molecule has 0 heterocycles. The molecule has 10 heavy (non-hydrogen) atoms. The van der Waals surface area contributed by atoms with Gasteiger partial charge >= 0.3 is 0 Å². The Hall–Kier alpha value is -0.370. The SMILES string of the molecule is C=C/C=C(\C=C(/C)F)CBr. The first-order valence-electron chi connectivity index (χ1n) is 2.92. The molecule has 0 saturated heterocycles. The second kappa shape index (κ2) is 5.42. The summed E-state index contributed by atoms with van der Waals surface area (Å²) >= 11 is 3.22. The van der Waals surface area contributed by atoms with Crippen LogP contribution >= 0.6 is 15.9 Å². The van der Waals surface area contributed by atoms with Crippen molar-refractivity contribution in [1.29, 1.82) is 0 Å². The fraction of sp³-hybridized carbons (Fsp3) is 0.250. The summed E-state index contributed by atoms with van der Waals surface area (Å²) in [6.07, 6.45) is 4.87. The van der Waals surface area contributed by atoms with Crippen molar-refractivity contribution >= 4 is 15.9 Å². The van der Waals surface area contributed by atoms with Crippen LogP contribution in [0.4, 0.5) is 4.39 Å². The highest BCUT2D eigenvalue weighted by atomic mass is 79.9. The number of alkyl halides is 1. The van der Waals surface area contributed by atoms with Crippen LogP contribution in [-0.2, 0) is 0 Å². The maximum absolute atomic E-state index is 12.2. The molecule has 0 fully saturated rings. The molecule has 0 nitrogen and oxygen atoms in total. The van der Waals surface area contributed by atoms with Crippen LogP contribution in [0.3, 0.4) is 0 Å². The van der Waals surface area contributed by atoms with Crippen molar-refractivity contribution in [2.75, 3.05) is 5.33 Å². The molecule has 0 amide bonds. The van der Waals surface area contributed by atoms with Crippen LogP contribution in [0.2, 0.25) is 0 Å². The third-order valence-electron chi connectivity index (χ3n) is 0.871. The minimum atomic E-state index is -0.187. The molecule has 0 N–H and O–H groups in total. The largest absolute Gasteiger partial charge is 0.212 e. The minimum absolute atomic E-state index is 0.187. The molecule has 0 radical (unpaired) electrons. The Kier molecular flexibility index (Phi) is 5.22. The lowest BCUT2D eigenvalue weighted by Gasteiger charge is -1.91. The first kappa shape index (κ1) is 9.63. The smallest absolute Gasteiger partial charge is 0.0971 e. The second-order valence-electron chi connectivity index (χ2n) is 1.84. The molecule has 0 aliphatic heterocycles. The van der Waals surface area contributed by atoms with Gasteiger partial charge in [0.2, 0.25) is 0 Å². The second-order valence-corrected chi connectivity index (χ2v) is 2.40. The van der Waals surface area contributed by atoms with E-state index in [0.29, 0.717) is 5.33 Å². The Morgan fingerprint density at radius 2 is 2.30 bits per heavy atom. The number of allylic oxidation sites excluding steroid dienone is 5.